The Balaban J connectivity index is 1.48. The lowest BCUT2D eigenvalue weighted by Gasteiger charge is -2.47. The molecule has 330 valence electrons. The molecule has 64 heavy (non-hydrogen) atoms. The molecule has 0 bridgehead atoms. The molecule has 6 nitrogen and oxygen atoms in total. The van der Waals surface area contributed by atoms with Crippen molar-refractivity contribution in [1.29, 1.82) is 0 Å². The first kappa shape index (κ1) is 46.3. The molecular formula is C55H61FN2O4Si2. The molecule has 0 spiro atoms. The van der Waals surface area contributed by atoms with Gasteiger partial charge in [0, 0.05) is 29.6 Å². The normalized spacial score (nSPS) is 13.7. The van der Waals surface area contributed by atoms with Crippen molar-refractivity contribution in [2.24, 2.45) is 0 Å². The predicted octanol–water partition coefficient (Wildman–Crippen LogP) is 11.2. The summed E-state index contributed by atoms with van der Waals surface area (Å²) >= 11 is 0. The van der Waals surface area contributed by atoms with E-state index in [1.165, 1.54) is 12.1 Å². The van der Waals surface area contributed by atoms with Crippen molar-refractivity contribution in [2.75, 3.05) is 0 Å². The van der Waals surface area contributed by atoms with Crippen LogP contribution in [0.25, 0.3) is 28.2 Å². The van der Waals surface area contributed by atoms with Gasteiger partial charge >= 0.3 is 5.97 Å². The van der Waals surface area contributed by atoms with Gasteiger partial charge in [-0.1, -0.05) is 181 Å². The number of fused-ring (bicyclic) bond motifs is 1. The van der Waals surface area contributed by atoms with Crippen LogP contribution in [0.4, 0.5) is 4.39 Å². The Kier molecular flexibility index (Phi) is 13.9. The number of aromatic nitrogens is 2. The molecular weight excluding hydrogens is 828 g/mol. The zero-order valence-corrected chi connectivity index (χ0v) is 40.3. The summed E-state index contributed by atoms with van der Waals surface area (Å²) in [6, 6.07) is 52.4. The topological polar surface area (TPSA) is 73.6 Å². The van der Waals surface area contributed by atoms with E-state index in [1.54, 1.807) is 6.20 Å². The van der Waals surface area contributed by atoms with Crippen molar-refractivity contribution in [3.8, 4) is 11.1 Å². The highest BCUT2D eigenvalue weighted by molar-refractivity contribution is 7.00. The van der Waals surface area contributed by atoms with Gasteiger partial charge in [-0.3, -0.25) is 4.79 Å². The largest absolute Gasteiger partial charge is 0.481 e. The van der Waals surface area contributed by atoms with Gasteiger partial charge in [-0.2, -0.15) is 0 Å². The number of nitrogens with zero attached hydrogens (tertiary/aromatic N) is 2. The monoisotopic (exact) mass is 888 g/mol. The second-order valence-corrected chi connectivity index (χ2v) is 27.5. The molecule has 5 aromatic carbocycles. The summed E-state index contributed by atoms with van der Waals surface area (Å²) in [4.78, 5) is 18.0. The van der Waals surface area contributed by atoms with Gasteiger partial charge in [0.25, 0.3) is 16.6 Å². The van der Waals surface area contributed by atoms with Crippen molar-refractivity contribution in [1.82, 2.24) is 9.55 Å². The average molecular weight is 889 g/mol. The van der Waals surface area contributed by atoms with Gasteiger partial charge in [-0.05, 0) is 80.6 Å². The van der Waals surface area contributed by atoms with Crippen LogP contribution in [0, 0.1) is 5.82 Å². The maximum atomic E-state index is 14.5. The molecule has 1 N–H and O–H groups in total. The molecule has 0 fully saturated rings. The molecule has 2 heterocycles. The number of benzene rings is 5. The highest BCUT2D eigenvalue weighted by Crippen LogP contribution is 2.42. The summed E-state index contributed by atoms with van der Waals surface area (Å²) in [6.45, 7) is 17.7. The number of carboxylic acids is 1. The fourth-order valence-electron chi connectivity index (χ4n) is 9.61. The first-order chi connectivity index (χ1) is 30.6. The highest BCUT2D eigenvalue weighted by Gasteiger charge is 2.54. The van der Waals surface area contributed by atoms with Gasteiger partial charge in [0.05, 0.1) is 24.3 Å². The second-order valence-electron chi connectivity index (χ2n) is 19.0. The zero-order valence-electron chi connectivity index (χ0n) is 38.3. The Hall–Kier alpha value is -5.72. The van der Waals surface area contributed by atoms with Gasteiger partial charge < -0.3 is 18.5 Å². The van der Waals surface area contributed by atoms with E-state index >= 15 is 0 Å². The van der Waals surface area contributed by atoms with Crippen LogP contribution in [-0.4, -0.2) is 49.5 Å². The van der Waals surface area contributed by atoms with Crippen LogP contribution in [-0.2, 0) is 13.6 Å². The molecule has 0 radical (unpaired) electrons. The van der Waals surface area contributed by atoms with Crippen molar-refractivity contribution in [3.63, 3.8) is 0 Å². The van der Waals surface area contributed by atoms with Gasteiger partial charge in [-0.15, -0.1) is 0 Å². The third-order valence-electron chi connectivity index (χ3n) is 12.3. The molecule has 2 unspecified atom stereocenters. The predicted molar refractivity (Wildman–Crippen MR) is 266 cm³/mol. The number of pyridine rings is 1. The maximum Gasteiger partial charge on any atom is 0.305 e. The number of aliphatic carboxylic acids is 1. The van der Waals surface area contributed by atoms with Gasteiger partial charge in [-0.25, -0.2) is 9.37 Å². The van der Waals surface area contributed by atoms with Crippen LogP contribution in [0.2, 0.25) is 10.1 Å². The van der Waals surface area contributed by atoms with E-state index in [9.17, 15) is 14.3 Å². The van der Waals surface area contributed by atoms with E-state index in [0.29, 0.717) is 0 Å². The quantitative estimate of drug-likeness (QED) is 0.0979. The minimum Gasteiger partial charge on any atom is -0.481 e. The summed E-state index contributed by atoms with van der Waals surface area (Å²) in [6.07, 6.45) is 4.66. The molecule has 0 aliphatic carbocycles. The summed E-state index contributed by atoms with van der Waals surface area (Å²) in [5.41, 5.74) is 3.51. The molecule has 7 rings (SSSR count). The number of carboxylic acid groups (broad SMARTS) is 1. The Bertz CT molecular complexity index is 2580. The summed E-state index contributed by atoms with van der Waals surface area (Å²) in [5, 5.41) is 15.3. The van der Waals surface area contributed by atoms with Gasteiger partial charge in [0.2, 0.25) is 0 Å². The molecule has 2 atom stereocenters. The van der Waals surface area contributed by atoms with Gasteiger partial charge in [0.1, 0.15) is 11.5 Å². The third-order valence-corrected chi connectivity index (χ3v) is 22.5. The minimum absolute atomic E-state index is 0.0144. The molecule has 0 saturated carbocycles. The first-order valence-electron chi connectivity index (χ1n) is 22.3. The fraction of sp³-hybridized carbons (Fsp3) is 0.273. The Morgan fingerprint density at radius 1 is 0.672 bits per heavy atom. The molecule has 7 aromatic rings. The van der Waals surface area contributed by atoms with Crippen LogP contribution < -0.4 is 20.7 Å². The Labute approximate surface area is 380 Å². The van der Waals surface area contributed by atoms with Crippen LogP contribution in [0.15, 0.2) is 170 Å². The van der Waals surface area contributed by atoms with Gasteiger partial charge in [0.15, 0.2) is 0 Å². The lowest BCUT2D eigenvalue weighted by atomic mass is 10.0. The molecule has 9 heteroatoms. The number of rotatable bonds is 16. The number of hydrogen-bond donors (Lipinski definition) is 1. The summed E-state index contributed by atoms with van der Waals surface area (Å²) in [5.74, 6) is -1.25. The molecule has 2 aromatic heterocycles. The van der Waals surface area contributed by atoms with E-state index in [2.05, 4.69) is 151 Å². The van der Waals surface area contributed by atoms with Crippen molar-refractivity contribution >= 4 is 60.5 Å². The van der Waals surface area contributed by atoms with Crippen LogP contribution in [0.1, 0.15) is 80.0 Å². The number of halogens is 1. The van der Waals surface area contributed by atoms with Crippen LogP contribution in [0.3, 0.4) is 0 Å². The summed E-state index contributed by atoms with van der Waals surface area (Å²) < 4.78 is 32.4. The standard InChI is InChI=1S/C55H61FN2O4Si2/c1-40(2)58-50(52(41-31-33-42(56)34-32-41)49-30-21-37-57-53(49)58)36-35-43(61-63(54(3,4)5,45-22-13-9-14-23-45)46-24-15-10-16-25-46)38-44(39-51(59)60)62-64(55(6,7)8,47-26-17-11-18-27-47)48-28-19-12-20-29-48/h9-37,40,43-44H,38-39H2,1-8H3,(H,59,60)/b36-35+. The Morgan fingerprint density at radius 2 is 1.12 bits per heavy atom. The van der Waals surface area contributed by atoms with Crippen LogP contribution >= 0.6 is 0 Å². The SMILES string of the molecule is CC(C)n1c(/C=C/C(CC(CC(=O)O)O[Si](c2ccccc2)(c2ccccc2)C(C)(C)C)O[Si](c2ccccc2)(c2ccccc2)C(C)(C)C)c(-c2ccc(F)cc2)c2cccnc21. The van der Waals surface area contributed by atoms with Crippen molar-refractivity contribution in [2.45, 2.75) is 96.6 Å². The lowest BCUT2D eigenvalue weighted by molar-refractivity contribution is -0.139. The number of hydrogen-bond acceptors (Lipinski definition) is 4. The minimum atomic E-state index is -3.24. The van der Waals surface area contributed by atoms with E-state index < -0.39 is 39.9 Å². The van der Waals surface area contributed by atoms with E-state index in [4.69, 9.17) is 13.8 Å². The van der Waals surface area contributed by atoms with Crippen molar-refractivity contribution in [3.05, 3.63) is 182 Å². The first-order valence-corrected chi connectivity index (χ1v) is 26.1. The molecule has 0 aliphatic heterocycles. The van der Waals surface area contributed by atoms with Crippen LogP contribution in [0.5, 0.6) is 0 Å². The molecule has 0 aliphatic rings. The fourth-order valence-corrected chi connectivity index (χ4v) is 19.0. The smallest absolute Gasteiger partial charge is 0.305 e. The van der Waals surface area contributed by atoms with E-state index in [-0.39, 0.29) is 29.7 Å². The Morgan fingerprint density at radius 3 is 1.55 bits per heavy atom. The van der Waals surface area contributed by atoms with E-state index in [0.717, 1.165) is 48.6 Å². The van der Waals surface area contributed by atoms with Crippen molar-refractivity contribution < 1.29 is 23.1 Å². The average Bonchev–Trinajstić information content (AvgIpc) is 3.61. The second kappa shape index (κ2) is 19.2. The third kappa shape index (κ3) is 9.26. The molecule has 0 saturated heterocycles. The maximum absolute atomic E-state index is 14.5. The van der Waals surface area contributed by atoms with E-state index in [1.807, 2.05) is 66.7 Å². The number of carbonyl (C=O) groups is 1. The zero-order chi connectivity index (χ0) is 45.7. The lowest BCUT2D eigenvalue weighted by Crippen LogP contribution is -2.69. The summed E-state index contributed by atoms with van der Waals surface area (Å²) in [7, 11) is -6.47. The highest BCUT2D eigenvalue weighted by atomic mass is 28.4. The molecule has 0 amide bonds.